The van der Waals surface area contributed by atoms with Crippen LogP contribution >= 0.6 is 0 Å². The molecule has 0 radical (unpaired) electrons. The molecule has 0 amide bonds. The Kier molecular flexibility index (Phi) is 4.88. The van der Waals surface area contributed by atoms with Crippen molar-refractivity contribution in [2.24, 2.45) is 0 Å². The van der Waals surface area contributed by atoms with Crippen LogP contribution in [0, 0.1) is 20.8 Å². The van der Waals surface area contributed by atoms with Gasteiger partial charge in [-0.05, 0) is 55.5 Å². The second kappa shape index (κ2) is 7.62. The van der Waals surface area contributed by atoms with Crippen LogP contribution in [0.3, 0.4) is 0 Å². The van der Waals surface area contributed by atoms with Gasteiger partial charge in [0, 0.05) is 35.3 Å². The molecule has 2 aromatic carbocycles. The summed E-state index contributed by atoms with van der Waals surface area (Å²) < 4.78 is 0. The van der Waals surface area contributed by atoms with Crippen LogP contribution in [0.25, 0.3) is 22.3 Å². The van der Waals surface area contributed by atoms with E-state index in [1.54, 1.807) is 0 Å². The topological polar surface area (TPSA) is 77.7 Å². The van der Waals surface area contributed by atoms with Gasteiger partial charge in [-0.1, -0.05) is 32.0 Å². The summed E-state index contributed by atoms with van der Waals surface area (Å²) in [5.41, 5.74) is 9.26. The number of hydrogen-bond acceptors (Lipinski definition) is 4. The lowest BCUT2D eigenvalue weighted by atomic mass is 9.98. The molecule has 2 N–H and O–H groups in total. The molecule has 1 aliphatic rings. The van der Waals surface area contributed by atoms with Gasteiger partial charge in [0.1, 0.15) is 5.82 Å². The van der Waals surface area contributed by atoms with Gasteiger partial charge in [0.05, 0.1) is 23.3 Å². The Morgan fingerprint density at radius 2 is 1.84 bits per heavy atom. The molecule has 2 aromatic heterocycles. The molecule has 3 heterocycles. The van der Waals surface area contributed by atoms with Crippen molar-refractivity contribution in [2.75, 3.05) is 11.4 Å². The summed E-state index contributed by atoms with van der Waals surface area (Å²) in [7, 11) is 0. The molecule has 4 aromatic rings. The van der Waals surface area contributed by atoms with Crippen LogP contribution in [-0.4, -0.2) is 26.7 Å². The van der Waals surface area contributed by atoms with Crippen LogP contribution in [0.5, 0.6) is 0 Å². The molecule has 0 bridgehead atoms. The minimum Gasteiger partial charge on any atom is -0.366 e. The molecule has 6 nitrogen and oxygen atoms in total. The second-order valence-corrected chi connectivity index (χ2v) is 9.21. The lowest BCUT2D eigenvalue weighted by Crippen LogP contribution is -2.36. The van der Waals surface area contributed by atoms with Gasteiger partial charge in [-0.15, -0.1) is 0 Å². The van der Waals surface area contributed by atoms with Crippen LogP contribution in [0.1, 0.15) is 53.4 Å². The Morgan fingerprint density at radius 3 is 2.62 bits per heavy atom. The molecule has 0 unspecified atom stereocenters. The summed E-state index contributed by atoms with van der Waals surface area (Å²) in [6, 6.07) is 10.7. The zero-order valence-corrected chi connectivity index (χ0v) is 19.3. The molecule has 0 spiro atoms. The summed E-state index contributed by atoms with van der Waals surface area (Å²) in [4.78, 5) is 23.6. The van der Waals surface area contributed by atoms with Crippen LogP contribution in [-0.2, 0) is 13.0 Å². The lowest BCUT2D eigenvalue weighted by molar-refractivity contribution is 0.696. The quantitative estimate of drug-likeness (QED) is 0.486. The van der Waals surface area contributed by atoms with Crippen molar-refractivity contribution in [2.45, 2.75) is 53.5 Å². The number of H-pyrrole nitrogens is 2. The largest absolute Gasteiger partial charge is 0.366 e. The van der Waals surface area contributed by atoms with E-state index >= 15 is 0 Å². The highest BCUT2D eigenvalue weighted by molar-refractivity contribution is 5.96. The maximum atomic E-state index is 13.2. The minimum absolute atomic E-state index is 0.0510. The number of anilines is 1. The highest BCUT2D eigenvalue weighted by atomic mass is 16.1. The molecule has 6 heteroatoms. The third-order valence-corrected chi connectivity index (χ3v) is 6.66. The second-order valence-electron chi connectivity index (χ2n) is 9.21. The standard InChI is InChI=1S/C26H29N5O/c1-14(2)18-8-6-15(3)22(12-18)31-11-10-20-19(13-31)26(32)28-25(27-20)23-16(4)7-9-21-24(23)17(5)29-30-21/h6-9,12,14H,10-11,13H2,1-5H3,(H,29,30)(H,27,28,32). The van der Waals surface area contributed by atoms with E-state index in [-0.39, 0.29) is 5.56 Å². The van der Waals surface area contributed by atoms with Gasteiger partial charge in [0.2, 0.25) is 0 Å². The minimum atomic E-state index is -0.0510. The molecule has 1 aliphatic heterocycles. The molecule has 32 heavy (non-hydrogen) atoms. The highest BCUT2D eigenvalue weighted by Gasteiger charge is 2.24. The Hall–Kier alpha value is -3.41. The number of benzene rings is 2. The first-order chi connectivity index (χ1) is 15.3. The molecular weight excluding hydrogens is 398 g/mol. The first kappa shape index (κ1) is 20.5. The van der Waals surface area contributed by atoms with E-state index in [0.29, 0.717) is 18.3 Å². The molecule has 0 fully saturated rings. The van der Waals surface area contributed by atoms with Crippen molar-refractivity contribution in [1.82, 2.24) is 20.2 Å². The third kappa shape index (κ3) is 3.30. The van der Waals surface area contributed by atoms with Crippen molar-refractivity contribution in [3.63, 3.8) is 0 Å². The van der Waals surface area contributed by atoms with Gasteiger partial charge in [0.15, 0.2) is 0 Å². The maximum Gasteiger partial charge on any atom is 0.256 e. The average molecular weight is 428 g/mol. The SMILES string of the molecule is Cc1ccc(C(C)C)cc1N1CCc2nc(-c3c(C)ccc4n[nH]c(C)c34)[nH]c(=O)c2C1. The Bertz CT molecular complexity index is 1400. The molecule has 0 atom stereocenters. The number of nitrogens with one attached hydrogen (secondary N) is 2. The van der Waals surface area contributed by atoms with Crippen molar-refractivity contribution >= 4 is 16.6 Å². The van der Waals surface area contributed by atoms with Gasteiger partial charge < -0.3 is 9.88 Å². The fraction of sp³-hybridized carbons (Fsp3) is 0.346. The number of hydrogen-bond donors (Lipinski definition) is 2. The van der Waals surface area contributed by atoms with Crippen LogP contribution in [0.15, 0.2) is 35.1 Å². The number of rotatable bonds is 3. The van der Waals surface area contributed by atoms with E-state index in [0.717, 1.165) is 51.9 Å². The van der Waals surface area contributed by atoms with Crippen LogP contribution < -0.4 is 10.5 Å². The fourth-order valence-corrected chi connectivity index (χ4v) is 4.75. The van der Waals surface area contributed by atoms with E-state index < -0.39 is 0 Å². The molecule has 0 aliphatic carbocycles. The third-order valence-electron chi connectivity index (χ3n) is 6.66. The Balaban J connectivity index is 1.57. The van der Waals surface area contributed by atoms with E-state index in [2.05, 4.69) is 59.1 Å². The summed E-state index contributed by atoms with van der Waals surface area (Å²) >= 11 is 0. The predicted octanol–water partition coefficient (Wildman–Crippen LogP) is 4.92. The fourth-order valence-electron chi connectivity index (χ4n) is 4.75. The molecule has 0 saturated carbocycles. The molecular formula is C26H29N5O. The number of aryl methyl sites for hydroxylation is 3. The number of nitrogens with zero attached hydrogens (tertiary/aromatic N) is 3. The van der Waals surface area contributed by atoms with Crippen molar-refractivity contribution < 1.29 is 0 Å². The van der Waals surface area contributed by atoms with Gasteiger partial charge in [-0.3, -0.25) is 9.89 Å². The summed E-state index contributed by atoms with van der Waals surface area (Å²) in [6.07, 6.45) is 0.747. The Labute approximate surface area is 187 Å². The van der Waals surface area contributed by atoms with Crippen molar-refractivity contribution in [3.8, 4) is 11.4 Å². The first-order valence-electron chi connectivity index (χ1n) is 11.3. The zero-order valence-electron chi connectivity index (χ0n) is 19.3. The monoisotopic (exact) mass is 427 g/mol. The van der Waals surface area contributed by atoms with E-state index in [9.17, 15) is 4.79 Å². The lowest BCUT2D eigenvalue weighted by Gasteiger charge is -2.31. The summed E-state index contributed by atoms with van der Waals surface area (Å²) in [5, 5.41) is 8.45. The summed E-state index contributed by atoms with van der Waals surface area (Å²) in [6.45, 7) is 12.0. The molecule has 0 saturated heterocycles. The zero-order chi connectivity index (χ0) is 22.6. The first-order valence-corrected chi connectivity index (χ1v) is 11.3. The van der Waals surface area contributed by atoms with Crippen molar-refractivity contribution in [1.29, 1.82) is 0 Å². The van der Waals surface area contributed by atoms with Crippen LogP contribution in [0.4, 0.5) is 5.69 Å². The number of aromatic nitrogens is 4. The van der Waals surface area contributed by atoms with E-state index in [1.165, 1.54) is 16.8 Å². The smallest absolute Gasteiger partial charge is 0.256 e. The maximum absolute atomic E-state index is 13.2. The van der Waals surface area contributed by atoms with E-state index in [1.807, 2.05) is 26.0 Å². The highest BCUT2D eigenvalue weighted by Crippen LogP contribution is 2.32. The Morgan fingerprint density at radius 1 is 1.06 bits per heavy atom. The predicted molar refractivity (Wildman–Crippen MR) is 129 cm³/mol. The number of aromatic amines is 2. The average Bonchev–Trinajstić information content (AvgIpc) is 3.14. The van der Waals surface area contributed by atoms with E-state index in [4.69, 9.17) is 4.98 Å². The van der Waals surface area contributed by atoms with Crippen molar-refractivity contribution in [3.05, 3.63) is 74.3 Å². The van der Waals surface area contributed by atoms with Crippen LogP contribution in [0.2, 0.25) is 0 Å². The van der Waals surface area contributed by atoms with Gasteiger partial charge in [0.25, 0.3) is 5.56 Å². The summed E-state index contributed by atoms with van der Waals surface area (Å²) in [5.74, 6) is 1.10. The molecule has 164 valence electrons. The normalized spacial score (nSPS) is 13.8. The number of fused-ring (bicyclic) bond motifs is 2. The molecule has 5 rings (SSSR count). The van der Waals surface area contributed by atoms with Gasteiger partial charge in [-0.2, -0.15) is 5.10 Å². The van der Waals surface area contributed by atoms with Gasteiger partial charge in [-0.25, -0.2) is 4.98 Å². The van der Waals surface area contributed by atoms with Gasteiger partial charge >= 0.3 is 0 Å².